The Balaban J connectivity index is 3.07. The summed E-state index contributed by atoms with van der Waals surface area (Å²) in [6.45, 7) is 7.86. The molecule has 1 nitrogen and oxygen atoms in total. The second-order valence-electron chi connectivity index (χ2n) is 1.53. The van der Waals surface area contributed by atoms with Crippen molar-refractivity contribution in [3.05, 3.63) is 0 Å². The van der Waals surface area contributed by atoms with E-state index in [-0.39, 0.29) is 0 Å². The number of rotatable bonds is 3. The van der Waals surface area contributed by atoms with Crippen LogP contribution in [-0.2, 0) is 0 Å². The van der Waals surface area contributed by atoms with Crippen LogP contribution in [0, 0.1) is 0 Å². The molecule has 0 aliphatic heterocycles. The first-order valence-electron chi connectivity index (χ1n) is 3.57. The van der Waals surface area contributed by atoms with Gasteiger partial charge < -0.3 is 4.90 Å². The largest absolute Gasteiger partial charge is 0.304 e. The molecule has 0 aliphatic rings. The molecule has 0 amide bonds. The van der Waals surface area contributed by atoms with E-state index in [1.54, 1.807) is 0 Å². The van der Waals surface area contributed by atoms with E-state index in [9.17, 15) is 0 Å². The first-order chi connectivity index (χ1) is 3.85. The van der Waals surface area contributed by atoms with E-state index in [0.717, 1.165) is 19.6 Å². The first kappa shape index (κ1) is 5.10. The fraction of sp³-hybridized carbons (Fsp3) is 1.00. The fourth-order valence-corrected chi connectivity index (χ4v) is 0.540. The molecule has 0 heterocycles. The van der Waals surface area contributed by atoms with E-state index in [0.29, 0.717) is 6.90 Å². The number of hydrogen-bond acceptors (Lipinski definition) is 1. The summed E-state index contributed by atoms with van der Waals surface area (Å²) in [7, 11) is 0. The third-order valence-electron chi connectivity index (χ3n) is 1.21. The van der Waals surface area contributed by atoms with Crippen molar-refractivity contribution in [3.63, 3.8) is 0 Å². The minimum Gasteiger partial charge on any atom is -0.304 e. The molecule has 7 heavy (non-hydrogen) atoms. The molecule has 0 bridgehead atoms. The highest BCUT2D eigenvalue weighted by Gasteiger charge is 1.89. The molecule has 1 heteroatoms. The Morgan fingerprint density at radius 2 is 1.86 bits per heavy atom. The van der Waals surface area contributed by atoms with Crippen LogP contribution < -0.4 is 0 Å². The highest BCUT2D eigenvalue weighted by atomic mass is 15.1. The normalized spacial score (nSPS) is 12.1. The Bertz CT molecular complexity index is 43.8. The molecular formula is C6H15N. The van der Waals surface area contributed by atoms with Gasteiger partial charge in [-0.1, -0.05) is 20.7 Å². The van der Waals surface area contributed by atoms with Crippen LogP contribution in [0.25, 0.3) is 0 Å². The van der Waals surface area contributed by atoms with Gasteiger partial charge in [-0.15, -0.1) is 0 Å². The second-order valence-corrected chi connectivity index (χ2v) is 1.53. The van der Waals surface area contributed by atoms with Gasteiger partial charge in [0, 0.05) is 1.37 Å². The van der Waals surface area contributed by atoms with Gasteiger partial charge in [0.15, 0.2) is 0 Å². The molecule has 0 rings (SSSR count). The lowest BCUT2D eigenvalue weighted by Gasteiger charge is -2.13. The maximum Gasteiger partial charge on any atom is 0.0243 e. The molecule has 44 valence electrons. The van der Waals surface area contributed by atoms with Gasteiger partial charge in [-0.3, -0.25) is 0 Å². The van der Waals surface area contributed by atoms with Crippen LogP contribution in [0.4, 0.5) is 0 Å². The molecule has 0 aromatic rings. The molecule has 0 saturated carbocycles. The lowest BCUT2D eigenvalue weighted by Crippen LogP contribution is -2.21. The van der Waals surface area contributed by atoms with Gasteiger partial charge in [0.05, 0.1) is 0 Å². The van der Waals surface area contributed by atoms with Gasteiger partial charge in [-0.05, 0) is 19.6 Å². The van der Waals surface area contributed by atoms with Gasteiger partial charge in [0.2, 0.25) is 0 Å². The maximum absolute atomic E-state index is 6.90. The monoisotopic (exact) mass is 102 g/mol. The molecule has 0 aromatic carbocycles. The highest BCUT2D eigenvalue weighted by molar-refractivity contribution is 4.43. The summed E-state index contributed by atoms with van der Waals surface area (Å²) in [4.78, 5) is 2.24. The van der Waals surface area contributed by atoms with Crippen LogP contribution >= 0.6 is 0 Å². The van der Waals surface area contributed by atoms with E-state index in [2.05, 4.69) is 18.7 Å². The minimum absolute atomic E-state index is 0.529. The second kappa shape index (κ2) is 4.13. The zero-order chi connectivity index (χ0) is 6.41. The van der Waals surface area contributed by atoms with Crippen molar-refractivity contribution < 1.29 is 1.37 Å². The summed E-state index contributed by atoms with van der Waals surface area (Å²) in [5.74, 6) is 0. The third kappa shape index (κ3) is 2.63. The van der Waals surface area contributed by atoms with Gasteiger partial charge in [0.1, 0.15) is 0 Å². The summed E-state index contributed by atoms with van der Waals surface area (Å²) >= 11 is 0. The third-order valence-corrected chi connectivity index (χ3v) is 1.21. The van der Waals surface area contributed by atoms with Crippen molar-refractivity contribution in [2.24, 2.45) is 0 Å². The Morgan fingerprint density at radius 3 is 2.00 bits per heavy atom. The Morgan fingerprint density at radius 1 is 1.29 bits per heavy atom. The summed E-state index contributed by atoms with van der Waals surface area (Å²) < 4.78 is 6.90. The fourth-order valence-electron chi connectivity index (χ4n) is 0.540. The Labute approximate surface area is 47.7 Å². The topological polar surface area (TPSA) is 3.24 Å². The quantitative estimate of drug-likeness (QED) is 0.520. The molecular weight excluding hydrogens is 86.1 g/mol. The molecule has 0 radical (unpaired) electrons. The zero-order valence-corrected chi connectivity index (χ0v) is 5.28. The predicted molar refractivity (Wildman–Crippen MR) is 33.5 cm³/mol. The van der Waals surface area contributed by atoms with Crippen molar-refractivity contribution >= 4 is 0 Å². The van der Waals surface area contributed by atoms with Crippen LogP contribution in [0.3, 0.4) is 0 Å². The van der Waals surface area contributed by atoms with E-state index in [1.165, 1.54) is 0 Å². The Kier molecular flexibility index (Phi) is 3.01. The summed E-state index contributed by atoms with van der Waals surface area (Å²) in [5.41, 5.74) is 0. The predicted octanol–water partition coefficient (Wildman–Crippen LogP) is 1.35. The summed E-state index contributed by atoms with van der Waals surface area (Å²) in [6, 6.07) is 0. The van der Waals surface area contributed by atoms with Gasteiger partial charge in [-0.25, -0.2) is 0 Å². The standard InChI is InChI=1S/C6H15N/c1-4-7(5-2)6-3/h4-6H2,1-3H3/i1D. The average molecular weight is 102 g/mol. The molecule has 0 atom stereocenters. The maximum atomic E-state index is 6.90. The van der Waals surface area contributed by atoms with Gasteiger partial charge >= 0.3 is 0 Å². The molecule has 0 aliphatic carbocycles. The van der Waals surface area contributed by atoms with Crippen molar-refractivity contribution in [2.45, 2.75) is 20.7 Å². The van der Waals surface area contributed by atoms with Crippen molar-refractivity contribution in [1.29, 1.82) is 0 Å². The molecule has 0 fully saturated rings. The SMILES string of the molecule is [2H]CCN(CC)CC. The van der Waals surface area contributed by atoms with Crippen LogP contribution in [0.1, 0.15) is 22.1 Å². The number of nitrogens with zero attached hydrogens (tertiary/aromatic N) is 1. The van der Waals surface area contributed by atoms with Crippen LogP contribution in [0.15, 0.2) is 0 Å². The van der Waals surface area contributed by atoms with Crippen molar-refractivity contribution in [1.82, 2.24) is 4.90 Å². The van der Waals surface area contributed by atoms with Crippen LogP contribution in [0.5, 0.6) is 0 Å². The van der Waals surface area contributed by atoms with Crippen LogP contribution in [0.2, 0.25) is 0 Å². The van der Waals surface area contributed by atoms with E-state index < -0.39 is 0 Å². The lowest BCUT2D eigenvalue weighted by molar-refractivity contribution is 0.321. The lowest BCUT2D eigenvalue weighted by atomic mass is 10.5. The summed E-state index contributed by atoms with van der Waals surface area (Å²) in [6.07, 6.45) is 0. The molecule has 0 N–H and O–H groups in total. The Hall–Kier alpha value is -0.0400. The smallest absolute Gasteiger partial charge is 0.0243 e. The molecule has 0 spiro atoms. The van der Waals surface area contributed by atoms with Crippen molar-refractivity contribution in [2.75, 3.05) is 19.6 Å². The first-order valence-corrected chi connectivity index (χ1v) is 2.86. The molecule has 0 saturated heterocycles. The minimum atomic E-state index is 0.529. The zero-order valence-electron chi connectivity index (χ0n) is 6.28. The van der Waals surface area contributed by atoms with Crippen molar-refractivity contribution in [3.8, 4) is 0 Å². The summed E-state index contributed by atoms with van der Waals surface area (Å²) in [5, 5.41) is 0. The van der Waals surface area contributed by atoms with Gasteiger partial charge in [0.25, 0.3) is 0 Å². The molecule has 0 unspecified atom stereocenters. The van der Waals surface area contributed by atoms with E-state index in [1.807, 2.05) is 0 Å². The van der Waals surface area contributed by atoms with E-state index >= 15 is 0 Å². The number of hydrogen-bond donors (Lipinski definition) is 0. The van der Waals surface area contributed by atoms with Gasteiger partial charge in [-0.2, -0.15) is 0 Å². The highest BCUT2D eigenvalue weighted by Crippen LogP contribution is 1.81. The van der Waals surface area contributed by atoms with E-state index in [4.69, 9.17) is 1.37 Å². The average Bonchev–Trinajstić information content (AvgIpc) is 1.83. The molecule has 0 aromatic heterocycles. The van der Waals surface area contributed by atoms with Crippen LogP contribution in [-0.4, -0.2) is 24.5 Å².